The van der Waals surface area contributed by atoms with Crippen molar-refractivity contribution in [2.75, 3.05) is 0 Å². The Morgan fingerprint density at radius 2 is 1.69 bits per heavy atom. The van der Waals surface area contributed by atoms with Crippen molar-refractivity contribution in [2.45, 2.75) is 0 Å². The third-order valence-electron chi connectivity index (χ3n) is 6.07. The molecule has 8 nitrogen and oxygen atoms in total. The molecule has 0 fully saturated rings. The van der Waals surface area contributed by atoms with Crippen LogP contribution in [0.4, 0.5) is 0 Å². The molecule has 0 saturated heterocycles. The van der Waals surface area contributed by atoms with Crippen molar-refractivity contribution in [1.29, 1.82) is 0 Å². The molecule has 0 aliphatic heterocycles. The minimum atomic E-state index is -0.0516. The lowest BCUT2D eigenvalue weighted by molar-refractivity contribution is 0.568. The Hall–Kier alpha value is -4.33. The van der Waals surface area contributed by atoms with Crippen molar-refractivity contribution >= 4 is 22.1 Å². The highest BCUT2D eigenvalue weighted by Crippen LogP contribution is 2.32. The van der Waals surface area contributed by atoms with Crippen LogP contribution >= 0.6 is 0 Å². The summed E-state index contributed by atoms with van der Waals surface area (Å²) in [5.74, 6) is 0.782. The van der Waals surface area contributed by atoms with Crippen molar-refractivity contribution in [3.8, 4) is 28.3 Å². The van der Waals surface area contributed by atoms with E-state index in [-0.39, 0.29) is 5.69 Å². The van der Waals surface area contributed by atoms with Gasteiger partial charge in [-0.15, -0.1) is 0 Å². The third kappa shape index (κ3) is 2.52. The summed E-state index contributed by atoms with van der Waals surface area (Å²) < 4.78 is 12.6. The summed E-state index contributed by atoms with van der Waals surface area (Å²) in [7, 11) is 5.53. The zero-order chi connectivity index (χ0) is 22.0. The van der Waals surface area contributed by atoms with E-state index in [0.29, 0.717) is 0 Å². The van der Waals surface area contributed by atoms with Gasteiger partial charge >= 0.3 is 5.69 Å². The molecule has 0 aliphatic carbocycles. The topological polar surface area (TPSA) is 75.7 Å². The molecule has 6 rings (SSSR count). The molecule has 0 amide bonds. The monoisotopic (exact) mass is 424 g/mol. The van der Waals surface area contributed by atoms with Crippen molar-refractivity contribution in [3.05, 3.63) is 78.0 Å². The van der Waals surface area contributed by atoms with Crippen LogP contribution in [0.2, 0.25) is 0 Å². The highest BCUT2D eigenvalue weighted by molar-refractivity contribution is 5.88. The van der Waals surface area contributed by atoms with E-state index in [0.717, 1.165) is 50.4 Å². The Labute approximate surface area is 182 Å². The molecule has 0 spiro atoms. The minimum absolute atomic E-state index is 0.0516. The summed E-state index contributed by atoms with van der Waals surface area (Å²) >= 11 is 0. The van der Waals surface area contributed by atoms with Gasteiger partial charge in [0.2, 0.25) is 0 Å². The highest BCUT2D eigenvalue weighted by Gasteiger charge is 2.19. The number of rotatable bonds is 3. The molecule has 0 unspecified atom stereocenters. The average molecular weight is 424 g/mol. The second kappa shape index (κ2) is 6.58. The molecule has 4 heterocycles. The number of fused-ring (bicyclic) bond motifs is 2. The van der Waals surface area contributed by atoms with Gasteiger partial charge in [0.1, 0.15) is 5.69 Å². The molecule has 158 valence electrons. The number of imidazole rings is 3. The Bertz CT molecular complexity index is 1680. The molecule has 0 radical (unpaired) electrons. The molecular formula is C24H20N6O2. The summed E-state index contributed by atoms with van der Waals surface area (Å²) in [6.07, 6.45) is 6.97. The number of hydrogen-bond acceptors (Lipinski definition) is 4. The number of benzene rings is 2. The van der Waals surface area contributed by atoms with Gasteiger partial charge in [0.25, 0.3) is 0 Å². The quantitative estimate of drug-likeness (QED) is 0.432. The maximum atomic E-state index is 12.4. The third-order valence-corrected chi connectivity index (χ3v) is 6.07. The number of aromatic nitrogens is 6. The van der Waals surface area contributed by atoms with Gasteiger partial charge in [0.15, 0.2) is 5.82 Å². The first-order valence-corrected chi connectivity index (χ1v) is 10.2. The molecule has 4 aromatic heterocycles. The zero-order valence-corrected chi connectivity index (χ0v) is 17.9. The predicted molar refractivity (Wildman–Crippen MR) is 123 cm³/mol. The fourth-order valence-electron chi connectivity index (χ4n) is 4.33. The van der Waals surface area contributed by atoms with E-state index in [1.807, 2.05) is 42.1 Å². The molecular weight excluding hydrogens is 404 g/mol. The van der Waals surface area contributed by atoms with Gasteiger partial charge in [-0.1, -0.05) is 6.07 Å². The zero-order valence-electron chi connectivity index (χ0n) is 17.9. The smallest absolute Gasteiger partial charge is 0.328 e. The molecule has 32 heavy (non-hydrogen) atoms. The first kappa shape index (κ1) is 18.4. The fraction of sp³-hybridized carbons (Fsp3) is 0.125. The molecule has 6 aromatic rings. The Kier molecular flexibility index (Phi) is 3.79. The molecule has 0 atom stereocenters. The van der Waals surface area contributed by atoms with Crippen molar-refractivity contribution in [1.82, 2.24) is 28.2 Å². The summed E-state index contributed by atoms with van der Waals surface area (Å²) in [6.45, 7) is 0. The van der Waals surface area contributed by atoms with Gasteiger partial charge in [0.05, 0.1) is 47.1 Å². The molecule has 0 N–H and O–H groups in total. The fourth-order valence-corrected chi connectivity index (χ4v) is 4.33. The van der Waals surface area contributed by atoms with Gasteiger partial charge in [-0.05, 0) is 42.0 Å². The SMILES string of the molecule is Cn1cncc1-c1nc2cc(-c3ccoc3)ccc2n1-c1ccc2c(c1)n(C)c(=O)n2C. The van der Waals surface area contributed by atoms with E-state index in [4.69, 9.17) is 9.40 Å². The summed E-state index contributed by atoms with van der Waals surface area (Å²) in [4.78, 5) is 21.7. The van der Waals surface area contributed by atoms with Gasteiger partial charge in [0, 0.05) is 32.4 Å². The van der Waals surface area contributed by atoms with Crippen LogP contribution in [0.15, 0.2) is 76.7 Å². The van der Waals surface area contributed by atoms with Gasteiger partial charge in [-0.2, -0.15) is 0 Å². The highest BCUT2D eigenvalue weighted by atomic mass is 16.3. The first-order chi connectivity index (χ1) is 15.5. The molecule has 0 bridgehead atoms. The van der Waals surface area contributed by atoms with E-state index in [1.54, 1.807) is 42.1 Å². The lowest BCUT2D eigenvalue weighted by Gasteiger charge is -2.11. The van der Waals surface area contributed by atoms with E-state index in [2.05, 4.69) is 27.8 Å². The summed E-state index contributed by atoms with van der Waals surface area (Å²) in [5.41, 5.74) is 7.39. The van der Waals surface area contributed by atoms with Gasteiger partial charge in [-0.25, -0.2) is 14.8 Å². The van der Waals surface area contributed by atoms with E-state index >= 15 is 0 Å². The standard InChI is InChI=1S/C24H20N6O2/c1-27-14-25-12-22(27)23-26-18-10-15(16-8-9-32-13-16)4-6-19(18)30(23)17-5-7-20-21(11-17)29(3)24(31)28(20)2/h4-14H,1-3H3. The van der Waals surface area contributed by atoms with Crippen LogP contribution < -0.4 is 5.69 Å². The number of hydrogen-bond donors (Lipinski definition) is 0. The molecule has 0 saturated carbocycles. The average Bonchev–Trinajstić information content (AvgIpc) is 3.58. The van der Waals surface area contributed by atoms with Crippen LogP contribution in [0.25, 0.3) is 50.4 Å². The van der Waals surface area contributed by atoms with E-state index < -0.39 is 0 Å². The Morgan fingerprint density at radius 1 is 0.875 bits per heavy atom. The van der Waals surface area contributed by atoms with Crippen molar-refractivity contribution in [2.24, 2.45) is 21.1 Å². The second-order valence-corrected chi connectivity index (χ2v) is 7.95. The van der Waals surface area contributed by atoms with Crippen LogP contribution in [-0.2, 0) is 21.1 Å². The van der Waals surface area contributed by atoms with Crippen LogP contribution in [0, 0.1) is 0 Å². The van der Waals surface area contributed by atoms with Crippen molar-refractivity contribution in [3.63, 3.8) is 0 Å². The van der Waals surface area contributed by atoms with Crippen LogP contribution in [0.3, 0.4) is 0 Å². The number of furan rings is 1. The van der Waals surface area contributed by atoms with Crippen LogP contribution in [-0.4, -0.2) is 28.2 Å². The summed E-state index contributed by atoms with van der Waals surface area (Å²) in [6, 6.07) is 14.2. The van der Waals surface area contributed by atoms with Gasteiger partial charge < -0.3 is 8.98 Å². The largest absolute Gasteiger partial charge is 0.472 e. The van der Waals surface area contributed by atoms with E-state index in [9.17, 15) is 4.79 Å². The number of aryl methyl sites for hydroxylation is 3. The first-order valence-electron chi connectivity index (χ1n) is 10.2. The molecule has 2 aromatic carbocycles. The maximum Gasteiger partial charge on any atom is 0.328 e. The Balaban J connectivity index is 1.66. The number of nitrogens with zero attached hydrogens (tertiary/aromatic N) is 6. The molecule has 8 heteroatoms. The minimum Gasteiger partial charge on any atom is -0.472 e. The van der Waals surface area contributed by atoms with E-state index in [1.165, 1.54) is 0 Å². The normalized spacial score (nSPS) is 11.7. The Morgan fingerprint density at radius 3 is 2.44 bits per heavy atom. The van der Waals surface area contributed by atoms with Crippen LogP contribution in [0.5, 0.6) is 0 Å². The summed E-state index contributed by atoms with van der Waals surface area (Å²) in [5, 5.41) is 0. The van der Waals surface area contributed by atoms with Crippen molar-refractivity contribution < 1.29 is 4.42 Å². The van der Waals surface area contributed by atoms with Gasteiger partial charge in [-0.3, -0.25) is 13.7 Å². The van der Waals surface area contributed by atoms with Crippen LogP contribution in [0.1, 0.15) is 0 Å². The second-order valence-electron chi connectivity index (χ2n) is 7.95. The predicted octanol–water partition coefficient (Wildman–Crippen LogP) is 3.88. The molecule has 0 aliphatic rings. The lowest BCUT2D eigenvalue weighted by atomic mass is 10.1. The lowest BCUT2D eigenvalue weighted by Crippen LogP contribution is -2.19. The maximum absolute atomic E-state index is 12.4.